The summed E-state index contributed by atoms with van der Waals surface area (Å²) >= 11 is 0. The number of benzene rings is 1. The first-order valence-corrected chi connectivity index (χ1v) is 8.26. The van der Waals surface area contributed by atoms with E-state index in [2.05, 4.69) is 5.32 Å². The summed E-state index contributed by atoms with van der Waals surface area (Å²) < 4.78 is 30.2. The van der Waals surface area contributed by atoms with Crippen molar-refractivity contribution in [1.29, 1.82) is 0 Å². The minimum absolute atomic E-state index is 0.194. The maximum Gasteiger partial charge on any atom is 0.182 e. The fraction of sp³-hybridized carbons (Fsp3) is 0.571. The third-order valence-corrected chi connectivity index (χ3v) is 5.41. The number of ether oxygens (including phenoxy) is 1. The van der Waals surface area contributed by atoms with Crippen LogP contribution in [0.25, 0.3) is 0 Å². The predicted octanol–water partition coefficient (Wildman–Crippen LogP) is 1.78. The second kappa shape index (κ2) is 5.92. The molecular weight excluding hydrogens is 262 g/mol. The van der Waals surface area contributed by atoms with Crippen LogP contribution in [-0.2, 0) is 9.84 Å². The van der Waals surface area contributed by atoms with Gasteiger partial charge in [-0.1, -0.05) is 6.07 Å². The number of piperidine rings is 1. The fourth-order valence-electron chi connectivity index (χ4n) is 2.49. The van der Waals surface area contributed by atoms with Gasteiger partial charge in [-0.2, -0.15) is 0 Å². The highest BCUT2D eigenvalue weighted by Gasteiger charge is 2.25. The highest BCUT2D eigenvalue weighted by Crippen LogP contribution is 2.28. The number of nitrogens with one attached hydrogen (secondary N) is 1. The Labute approximate surface area is 115 Å². The van der Waals surface area contributed by atoms with E-state index in [1.54, 1.807) is 12.1 Å². The molecule has 2 rings (SSSR count). The molecule has 106 valence electrons. The molecule has 1 saturated heterocycles. The fourth-order valence-corrected chi connectivity index (χ4v) is 4.40. The van der Waals surface area contributed by atoms with Crippen molar-refractivity contribution in [2.75, 3.05) is 26.0 Å². The molecule has 1 fully saturated rings. The van der Waals surface area contributed by atoms with Crippen molar-refractivity contribution in [3.63, 3.8) is 0 Å². The molecule has 5 heteroatoms. The number of rotatable bonds is 4. The highest BCUT2D eigenvalue weighted by molar-refractivity contribution is 7.91. The summed E-state index contributed by atoms with van der Waals surface area (Å²) in [6, 6.07) is 5.28. The smallest absolute Gasteiger partial charge is 0.182 e. The van der Waals surface area contributed by atoms with Gasteiger partial charge in [-0.25, -0.2) is 8.42 Å². The number of sulfone groups is 1. The lowest BCUT2D eigenvalue weighted by Gasteiger charge is -2.23. The van der Waals surface area contributed by atoms with E-state index in [4.69, 9.17) is 4.74 Å². The lowest BCUT2D eigenvalue weighted by atomic mass is 10.0. The van der Waals surface area contributed by atoms with E-state index >= 15 is 0 Å². The number of aryl methyl sites for hydroxylation is 1. The van der Waals surface area contributed by atoms with E-state index < -0.39 is 9.84 Å². The van der Waals surface area contributed by atoms with Crippen LogP contribution in [0.15, 0.2) is 23.1 Å². The largest absolute Gasteiger partial charge is 0.495 e. The Morgan fingerprint density at radius 1 is 1.42 bits per heavy atom. The van der Waals surface area contributed by atoms with Crippen LogP contribution in [0.2, 0.25) is 0 Å². The van der Waals surface area contributed by atoms with Crippen LogP contribution >= 0.6 is 0 Å². The summed E-state index contributed by atoms with van der Waals surface area (Å²) in [6.45, 7) is 3.66. The Balaban J connectivity index is 2.25. The van der Waals surface area contributed by atoms with Crippen LogP contribution in [-0.4, -0.2) is 34.4 Å². The quantitative estimate of drug-likeness (QED) is 0.915. The van der Waals surface area contributed by atoms with Crippen LogP contribution in [0.5, 0.6) is 5.75 Å². The lowest BCUT2D eigenvalue weighted by Crippen LogP contribution is -2.33. The van der Waals surface area contributed by atoms with Crippen LogP contribution in [0.3, 0.4) is 0 Å². The third-order valence-electron chi connectivity index (χ3n) is 3.51. The molecular formula is C14H21NO3S. The predicted molar refractivity (Wildman–Crippen MR) is 75.4 cm³/mol. The molecule has 0 aromatic heterocycles. The minimum Gasteiger partial charge on any atom is -0.495 e. The molecule has 0 saturated carbocycles. The second-order valence-corrected chi connectivity index (χ2v) is 7.15. The molecule has 1 atom stereocenters. The molecule has 0 spiro atoms. The SMILES string of the molecule is COc1ccc(C)cc1S(=O)(=O)CC1CCCNC1. The molecule has 1 aliphatic heterocycles. The van der Waals surface area contributed by atoms with Crippen LogP contribution in [0, 0.1) is 12.8 Å². The molecule has 0 aliphatic carbocycles. The van der Waals surface area contributed by atoms with Crippen LogP contribution in [0.1, 0.15) is 18.4 Å². The molecule has 0 radical (unpaired) electrons. The molecule has 1 aromatic carbocycles. The zero-order valence-electron chi connectivity index (χ0n) is 11.5. The van der Waals surface area contributed by atoms with Gasteiger partial charge in [0.15, 0.2) is 9.84 Å². The summed E-state index contributed by atoms with van der Waals surface area (Å²) in [7, 11) is -1.78. The van der Waals surface area contributed by atoms with Crippen molar-refractivity contribution in [3.8, 4) is 5.75 Å². The lowest BCUT2D eigenvalue weighted by molar-refractivity contribution is 0.396. The van der Waals surface area contributed by atoms with Crippen molar-refractivity contribution >= 4 is 9.84 Å². The molecule has 0 bridgehead atoms. The number of hydrogen-bond donors (Lipinski definition) is 1. The Hall–Kier alpha value is -1.07. The van der Waals surface area contributed by atoms with Gasteiger partial charge in [0.1, 0.15) is 10.6 Å². The van der Waals surface area contributed by atoms with Gasteiger partial charge in [0.25, 0.3) is 0 Å². The highest BCUT2D eigenvalue weighted by atomic mass is 32.2. The van der Waals surface area contributed by atoms with E-state index in [0.717, 1.165) is 31.5 Å². The van der Waals surface area contributed by atoms with Crippen molar-refractivity contribution in [2.24, 2.45) is 5.92 Å². The summed E-state index contributed by atoms with van der Waals surface area (Å²) in [5.74, 6) is 0.832. The van der Waals surface area contributed by atoms with Gasteiger partial charge in [-0.05, 0) is 56.5 Å². The van der Waals surface area contributed by atoms with Crippen molar-refractivity contribution in [3.05, 3.63) is 23.8 Å². The zero-order chi connectivity index (χ0) is 13.9. The van der Waals surface area contributed by atoms with Crippen molar-refractivity contribution in [2.45, 2.75) is 24.7 Å². The Morgan fingerprint density at radius 3 is 2.84 bits per heavy atom. The van der Waals surface area contributed by atoms with Crippen LogP contribution in [0.4, 0.5) is 0 Å². The molecule has 19 heavy (non-hydrogen) atoms. The second-order valence-electron chi connectivity index (χ2n) is 5.15. The van der Waals surface area contributed by atoms with Gasteiger partial charge in [0.2, 0.25) is 0 Å². The van der Waals surface area contributed by atoms with E-state index in [-0.39, 0.29) is 11.7 Å². The first-order valence-electron chi connectivity index (χ1n) is 6.61. The average molecular weight is 283 g/mol. The number of hydrogen-bond acceptors (Lipinski definition) is 4. The Bertz CT molecular complexity index is 534. The first kappa shape index (κ1) is 14.3. The first-order chi connectivity index (χ1) is 9.03. The summed E-state index contributed by atoms with van der Waals surface area (Å²) in [5, 5.41) is 3.25. The van der Waals surface area contributed by atoms with Crippen molar-refractivity contribution < 1.29 is 13.2 Å². The normalized spacial score (nSPS) is 20.2. The summed E-state index contributed by atoms with van der Waals surface area (Å²) in [4.78, 5) is 0.320. The van der Waals surface area contributed by atoms with E-state index in [1.807, 2.05) is 13.0 Å². The molecule has 1 unspecified atom stereocenters. The van der Waals surface area contributed by atoms with E-state index in [9.17, 15) is 8.42 Å². The molecule has 0 amide bonds. The van der Waals surface area contributed by atoms with E-state index in [1.165, 1.54) is 7.11 Å². The minimum atomic E-state index is -3.29. The molecule has 1 heterocycles. The Morgan fingerprint density at radius 2 is 2.21 bits per heavy atom. The third kappa shape index (κ3) is 3.48. The maximum absolute atomic E-state index is 12.5. The molecule has 4 nitrogen and oxygen atoms in total. The molecule has 1 aliphatic rings. The monoisotopic (exact) mass is 283 g/mol. The van der Waals surface area contributed by atoms with Gasteiger partial charge < -0.3 is 10.1 Å². The van der Waals surface area contributed by atoms with Gasteiger partial charge in [-0.15, -0.1) is 0 Å². The maximum atomic E-state index is 12.5. The van der Waals surface area contributed by atoms with Gasteiger partial charge in [0.05, 0.1) is 12.9 Å². The average Bonchev–Trinajstić information content (AvgIpc) is 2.39. The molecule has 1 aromatic rings. The van der Waals surface area contributed by atoms with E-state index in [0.29, 0.717) is 10.6 Å². The molecule has 1 N–H and O–H groups in total. The van der Waals surface area contributed by atoms with Crippen molar-refractivity contribution in [1.82, 2.24) is 5.32 Å². The number of methoxy groups -OCH3 is 1. The topological polar surface area (TPSA) is 55.4 Å². The van der Waals surface area contributed by atoms with Gasteiger partial charge >= 0.3 is 0 Å². The Kier molecular flexibility index (Phi) is 4.47. The summed E-state index contributed by atoms with van der Waals surface area (Å²) in [6.07, 6.45) is 2.02. The summed E-state index contributed by atoms with van der Waals surface area (Å²) in [5.41, 5.74) is 0.932. The standard InChI is InChI=1S/C14H21NO3S/c1-11-5-6-13(18-2)14(8-11)19(16,17)10-12-4-3-7-15-9-12/h5-6,8,12,15H,3-4,7,9-10H2,1-2H3. The zero-order valence-corrected chi connectivity index (χ0v) is 12.3. The van der Waals surface area contributed by atoms with Crippen LogP contribution < -0.4 is 10.1 Å². The van der Waals surface area contributed by atoms with Gasteiger partial charge in [-0.3, -0.25) is 0 Å². The van der Waals surface area contributed by atoms with Gasteiger partial charge in [0, 0.05) is 0 Å².